The largest absolute Gasteiger partial charge is 0.385 e. The van der Waals surface area contributed by atoms with Gasteiger partial charge >= 0.3 is 0 Å². The number of ether oxygens (including phenoxy) is 1. The van der Waals surface area contributed by atoms with Crippen LogP contribution in [0.2, 0.25) is 0 Å². The molecule has 0 aliphatic heterocycles. The molecule has 0 fully saturated rings. The number of nitrogens with zero attached hydrogens (tertiary/aromatic N) is 2. The maximum Gasteiger partial charge on any atom is 0.289 e. The summed E-state index contributed by atoms with van der Waals surface area (Å²) in [7, 11) is -1.12. The Labute approximate surface area is 122 Å². The van der Waals surface area contributed by atoms with Crippen LogP contribution >= 0.6 is 0 Å². The molecule has 1 rings (SSSR count). The highest BCUT2D eigenvalue weighted by Crippen LogP contribution is 2.28. The van der Waals surface area contributed by atoms with E-state index in [2.05, 4.69) is 5.43 Å². The van der Waals surface area contributed by atoms with E-state index in [0.717, 1.165) is 16.4 Å². The van der Waals surface area contributed by atoms with Gasteiger partial charge in [-0.1, -0.05) is 0 Å². The number of nitro groups is 1. The summed E-state index contributed by atoms with van der Waals surface area (Å²) in [6.07, 6.45) is 0.481. The third kappa shape index (κ3) is 4.11. The number of nitrogens with one attached hydrogen (secondary N) is 1. The van der Waals surface area contributed by atoms with E-state index in [1.807, 2.05) is 0 Å². The van der Waals surface area contributed by atoms with Crippen LogP contribution in [0.3, 0.4) is 0 Å². The van der Waals surface area contributed by atoms with E-state index < -0.39 is 25.5 Å². The second-order valence-electron chi connectivity index (χ2n) is 4.26. The van der Waals surface area contributed by atoms with Gasteiger partial charge in [0.1, 0.15) is 0 Å². The van der Waals surface area contributed by atoms with Crippen molar-refractivity contribution in [2.75, 3.05) is 32.7 Å². The lowest BCUT2D eigenvalue weighted by Crippen LogP contribution is -2.29. The van der Waals surface area contributed by atoms with E-state index in [-0.39, 0.29) is 12.2 Å². The van der Waals surface area contributed by atoms with Crippen LogP contribution < -0.4 is 11.3 Å². The van der Waals surface area contributed by atoms with Crippen molar-refractivity contribution in [3.05, 3.63) is 28.3 Å². The van der Waals surface area contributed by atoms with Crippen molar-refractivity contribution in [1.29, 1.82) is 0 Å². The number of hydrogen-bond acceptors (Lipinski definition) is 7. The highest BCUT2D eigenvalue weighted by molar-refractivity contribution is 7.89. The molecule has 0 radical (unpaired) electrons. The van der Waals surface area contributed by atoms with E-state index in [0.29, 0.717) is 13.0 Å². The first kappa shape index (κ1) is 17.3. The molecule has 21 heavy (non-hydrogen) atoms. The molecule has 1 aromatic carbocycles. The number of rotatable bonds is 8. The van der Waals surface area contributed by atoms with Gasteiger partial charge in [-0.15, -0.1) is 0 Å². The molecule has 0 saturated heterocycles. The minimum atomic E-state index is -3.99. The van der Waals surface area contributed by atoms with Gasteiger partial charge in [-0.25, -0.2) is 12.7 Å². The third-order valence-electron chi connectivity index (χ3n) is 2.83. The molecular formula is C11H18N4O5S. The molecular weight excluding hydrogens is 300 g/mol. The molecule has 0 unspecified atom stereocenters. The predicted molar refractivity (Wildman–Crippen MR) is 77.2 cm³/mol. The van der Waals surface area contributed by atoms with Gasteiger partial charge in [0.25, 0.3) is 5.69 Å². The number of hydrogen-bond donors (Lipinski definition) is 2. The summed E-state index contributed by atoms with van der Waals surface area (Å²) in [4.78, 5) is 9.86. The minimum absolute atomic E-state index is 0.188. The second-order valence-corrected chi connectivity index (χ2v) is 6.27. The van der Waals surface area contributed by atoms with E-state index in [1.54, 1.807) is 0 Å². The first-order valence-corrected chi connectivity index (χ1v) is 7.49. The number of hydrazine groups is 1. The number of methoxy groups -OCH3 is 1. The monoisotopic (exact) mass is 318 g/mol. The Kier molecular flexibility index (Phi) is 6.03. The molecule has 1 aromatic rings. The summed E-state index contributed by atoms with van der Waals surface area (Å²) in [5, 5.41) is 11.0. The van der Waals surface area contributed by atoms with Gasteiger partial charge in [-0.2, -0.15) is 0 Å². The highest BCUT2D eigenvalue weighted by atomic mass is 32.2. The maximum atomic E-state index is 12.4. The Balaban J connectivity index is 3.19. The normalized spacial score (nSPS) is 11.6. The van der Waals surface area contributed by atoms with Gasteiger partial charge in [0.05, 0.1) is 10.6 Å². The Morgan fingerprint density at radius 3 is 2.67 bits per heavy atom. The molecule has 0 saturated carbocycles. The van der Waals surface area contributed by atoms with Crippen LogP contribution in [0.15, 0.2) is 23.1 Å². The van der Waals surface area contributed by atoms with Crippen LogP contribution in [0.4, 0.5) is 11.4 Å². The summed E-state index contributed by atoms with van der Waals surface area (Å²) >= 11 is 0. The molecule has 0 bridgehead atoms. The smallest absolute Gasteiger partial charge is 0.289 e. The van der Waals surface area contributed by atoms with Crippen molar-refractivity contribution >= 4 is 21.4 Å². The number of benzene rings is 1. The van der Waals surface area contributed by atoms with Crippen LogP contribution in [-0.4, -0.2) is 45.0 Å². The standard InChI is InChI=1S/C11H18N4O5S/c1-14(6-3-7-20-2)21(18,19)11-8-9(13-12)4-5-10(11)15(16)17/h4-5,8,13H,3,6-7,12H2,1-2H3. The molecule has 0 spiro atoms. The van der Waals surface area contributed by atoms with Crippen LogP contribution in [0.25, 0.3) is 0 Å². The Hall–Kier alpha value is -1.75. The average molecular weight is 318 g/mol. The fourth-order valence-electron chi connectivity index (χ4n) is 1.68. The second kappa shape index (κ2) is 7.31. The minimum Gasteiger partial charge on any atom is -0.385 e. The Morgan fingerprint density at radius 2 is 2.14 bits per heavy atom. The van der Waals surface area contributed by atoms with E-state index in [1.165, 1.54) is 20.2 Å². The van der Waals surface area contributed by atoms with Crippen molar-refractivity contribution in [3.63, 3.8) is 0 Å². The van der Waals surface area contributed by atoms with Gasteiger partial charge < -0.3 is 10.2 Å². The summed E-state index contributed by atoms with van der Waals surface area (Å²) in [5.74, 6) is 5.22. The molecule has 0 amide bonds. The van der Waals surface area contributed by atoms with Crippen LogP contribution in [0.1, 0.15) is 6.42 Å². The molecule has 0 aliphatic carbocycles. The van der Waals surface area contributed by atoms with Crippen LogP contribution in [0, 0.1) is 10.1 Å². The van der Waals surface area contributed by atoms with Crippen molar-refractivity contribution in [2.24, 2.45) is 5.84 Å². The van der Waals surface area contributed by atoms with E-state index >= 15 is 0 Å². The maximum absolute atomic E-state index is 12.4. The molecule has 0 atom stereocenters. The van der Waals surface area contributed by atoms with Crippen LogP contribution in [-0.2, 0) is 14.8 Å². The Morgan fingerprint density at radius 1 is 1.48 bits per heavy atom. The fraction of sp³-hybridized carbons (Fsp3) is 0.455. The number of nitro benzene ring substituents is 1. The van der Waals surface area contributed by atoms with Gasteiger partial charge in [0, 0.05) is 33.4 Å². The third-order valence-corrected chi connectivity index (χ3v) is 4.72. The molecule has 118 valence electrons. The van der Waals surface area contributed by atoms with Gasteiger partial charge in [-0.05, 0) is 18.6 Å². The summed E-state index contributed by atoms with van der Waals surface area (Å²) in [6.45, 7) is 0.583. The summed E-state index contributed by atoms with van der Waals surface area (Å²) < 4.78 is 30.8. The molecule has 0 aliphatic rings. The lowest BCUT2D eigenvalue weighted by Gasteiger charge is -2.17. The predicted octanol–water partition coefficient (Wildman–Crippen LogP) is 0.537. The molecule has 3 N–H and O–H groups in total. The Bertz CT molecular complexity index is 605. The first-order valence-electron chi connectivity index (χ1n) is 6.05. The van der Waals surface area contributed by atoms with Crippen molar-refractivity contribution < 1.29 is 18.1 Å². The number of sulfonamides is 1. The molecule has 9 nitrogen and oxygen atoms in total. The first-order chi connectivity index (χ1) is 9.84. The van der Waals surface area contributed by atoms with Crippen molar-refractivity contribution in [3.8, 4) is 0 Å². The SMILES string of the molecule is COCCCN(C)S(=O)(=O)c1cc(NN)ccc1[N+](=O)[O-]. The lowest BCUT2D eigenvalue weighted by atomic mass is 10.3. The quantitative estimate of drug-likeness (QED) is 0.310. The zero-order valence-corrected chi connectivity index (χ0v) is 12.6. The van der Waals surface area contributed by atoms with E-state index in [4.69, 9.17) is 10.6 Å². The van der Waals surface area contributed by atoms with Gasteiger partial charge in [-0.3, -0.25) is 16.0 Å². The van der Waals surface area contributed by atoms with Crippen molar-refractivity contribution in [2.45, 2.75) is 11.3 Å². The topological polar surface area (TPSA) is 128 Å². The van der Waals surface area contributed by atoms with E-state index in [9.17, 15) is 18.5 Å². The van der Waals surface area contributed by atoms with Crippen LogP contribution in [0.5, 0.6) is 0 Å². The number of anilines is 1. The molecule has 10 heteroatoms. The van der Waals surface area contributed by atoms with Crippen molar-refractivity contribution in [1.82, 2.24) is 4.31 Å². The molecule has 0 heterocycles. The fourth-order valence-corrected chi connectivity index (χ4v) is 3.07. The lowest BCUT2D eigenvalue weighted by molar-refractivity contribution is -0.387. The number of nitrogens with two attached hydrogens (primary N) is 1. The summed E-state index contributed by atoms with van der Waals surface area (Å²) in [5.41, 5.74) is 2.05. The highest BCUT2D eigenvalue weighted by Gasteiger charge is 2.29. The average Bonchev–Trinajstić information content (AvgIpc) is 2.46. The van der Waals surface area contributed by atoms with Gasteiger partial charge in [0.2, 0.25) is 10.0 Å². The van der Waals surface area contributed by atoms with Gasteiger partial charge in [0.15, 0.2) is 4.90 Å². The summed E-state index contributed by atoms with van der Waals surface area (Å²) in [6, 6.07) is 3.58. The zero-order valence-electron chi connectivity index (χ0n) is 11.8. The molecule has 0 aromatic heterocycles. The zero-order chi connectivity index (χ0) is 16.0. The number of nitrogen functional groups attached to an aromatic ring is 1.